The van der Waals surface area contributed by atoms with Crippen molar-refractivity contribution in [3.63, 3.8) is 0 Å². The Morgan fingerprint density at radius 3 is 2.21 bits per heavy atom. The van der Waals surface area contributed by atoms with E-state index in [1.165, 1.54) is 26.2 Å². The Morgan fingerprint density at radius 1 is 1.11 bits per heavy atom. The molecule has 0 bridgehead atoms. The van der Waals surface area contributed by atoms with Gasteiger partial charge < -0.3 is 10.1 Å². The van der Waals surface area contributed by atoms with E-state index in [4.69, 9.17) is 4.74 Å². The number of rotatable bonds is 8. The number of hydrogen-bond donors (Lipinski definition) is 2. The molecule has 1 amide bonds. The quantitative estimate of drug-likeness (QED) is 0.622. The largest absolute Gasteiger partial charge is 0.497 e. The first-order valence-electron chi connectivity index (χ1n) is 8.75. The lowest BCUT2D eigenvalue weighted by Gasteiger charge is -2.26. The van der Waals surface area contributed by atoms with E-state index in [0.29, 0.717) is 12.3 Å². The van der Waals surface area contributed by atoms with E-state index in [-0.39, 0.29) is 16.2 Å². The first kappa shape index (κ1) is 22.4. The van der Waals surface area contributed by atoms with Gasteiger partial charge in [0.05, 0.1) is 18.0 Å². The molecule has 0 heterocycles. The normalized spacial score (nSPS) is 13.0. The molecule has 0 unspecified atom stereocenters. The number of amides is 1. The molecule has 0 radical (unpaired) electrons. The van der Waals surface area contributed by atoms with Gasteiger partial charge in [-0.15, -0.1) is 0 Å². The fraction of sp³-hybridized carbons (Fsp3) is 0.350. The van der Waals surface area contributed by atoms with Crippen molar-refractivity contribution in [1.82, 2.24) is 10.0 Å². The third-order valence-electron chi connectivity index (χ3n) is 4.43. The van der Waals surface area contributed by atoms with Gasteiger partial charge in [0.1, 0.15) is 5.75 Å². The van der Waals surface area contributed by atoms with Crippen LogP contribution in [0.15, 0.2) is 57.9 Å². The van der Waals surface area contributed by atoms with Crippen LogP contribution in [0.1, 0.15) is 26.3 Å². The molecule has 0 saturated carbocycles. The van der Waals surface area contributed by atoms with Gasteiger partial charge >= 0.3 is 0 Å². The molecular formula is C20H25BrN2O4S. The minimum absolute atomic E-state index is 0.0724. The van der Waals surface area contributed by atoms with Crippen molar-refractivity contribution in [2.45, 2.75) is 37.1 Å². The van der Waals surface area contributed by atoms with Gasteiger partial charge in [-0.05, 0) is 48.9 Å². The van der Waals surface area contributed by atoms with Gasteiger partial charge in [0.2, 0.25) is 15.9 Å². The van der Waals surface area contributed by atoms with Crippen LogP contribution < -0.4 is 14.8 Å². The smallest absolute Gasteiger partial charge is 0.241 e. The van der Waals surface area contributed by atoms with Crippen molar-refractivity contribution in [1.29, 1.82) is 0 Å². The molecule has 0 aliphatic rings. The Labute approximate surface area is 174 Å². The van der Waals surface area contributed by atoms with E-state index >= 15 is 0 Å². The summed E-state index contributed by atoms with van der Waals surface area (Å²) < 4.78 is 33.3. The summed E-state index contributed by atoms with van der Waals surface area (Å²) in [4.78, 5) is 12.5. The van der Waals surface area contributed by atoms with Gasteiger partial charge in [-0.25, -0.2) is 8.42 Å². The van der Waals surface area contributed by atoms with Gasteiger partial charge in [0, 0.05) is 16.4 Å². The van der Waals surface area contributed by atoms with Crippen molar-refractivity contribution < 1.29 is 17.9 Å². The number of carbonyl (C=O) groups is 1. The predicted molar refractivity (Wildman–Crippen MR) is 113 cm³/mol. The van der Waals surface area contributed by atoms with Gasteiger partial charge in [-0.1, -0.05) is 41.9 Å². The molecule has 0 aliphatic carbocycles. The van der Waals surface area contributed by atoms with Crippen molar-refractivity contribution in [3.05, 3.63) is 58.6 Å². The van der Waals surface area contributed by atoms with Crippen LogP contribution in [-0.2, 0) is 20.2 Å². The lowest BCUT2D eigenvalue weighted by atomic mass is 9.84. The fourth-order valence-electron chi connectivity index (χ4n) is 2.57. The van der Waals surface area contributed by atoms with Crippen LogP contribution >= 0.6 is 15.9 Å². The van der Waals surface area contributed by atoms with E-state index < -0.39 is 16.1 Å². The summed E-state index contributed by atoms with van der Waals surface area (Å²) in [5, 5.41) is 2.83. The first-order chi connectivity index (χ1) is 13.0. The minimum Gasteiger partial charge on any atom is -0.497 e. The van der Waals surface area contributed by atoms with Crippen molar-refractivity contribution in [2.24, 2.45) is 0 Å². The van der Waals surface area contributed by atoms with Crippen LogP contribution in [0.3, 0.4) is 0 Å². The Balaban J connectivity index is 1.98. The summed E-state index contributed by atoms with van der Waals surface area (Å²) in [6.45, 7) is 5.93. The van der Waals surface area contributed by atoms with E-state index in [2.05, 4.69) is 26.0 Å². The number of carbonyl (C=O) groups excluding carboxylic acids is 1. The van der Waals surface area contributed by atoms with Crippen LogP contribution in [0, 0.1) is 0 Å². The van der Waals surface area contributed by atoms with Crippen LogP contribution in [0.25, 0.3) is 0 Å². The Hall–Kier alpha value is -1.90. The summed E-state index contributed by atoms with van der Waals surface area (Å²) in [5.41, 5.74) is 0.771. The van der Waals surface area contributed by atoms with Gasteiger partial charge in [-0.3, -0.25) is 4.79 Å². The number of nitrogens with one attached hydrogen (secondary N) is 2. The lowest BCUT2D eigenvalue weighted by Crippen LogP contribution is -2.47. The highest BCUT2D eigenvalue weighted by Gasteiger charge is 2.25. The number of benzene rings is 2. The molecule has 28 heavy (non-hydrogen) atoms. The molecule has 2 aromatic carbocycles. The fourth-order valence-corrected chi connectivity index (χ4v) is 4.04. The number of ether oxygens (including phenoxy) is 1. The standard InChI is InChI=1S/C20H25BrN2O4S/c1-14(23-28(25,26)18-11-9-17(27-4)10-12-18)19(24)22-13-20(2,3)15-5-7-16(21)8-6-15/h5-12,14,23H,13H2,1-4H3,(H,22,24)/t14-/m0/s1. The second-order valence-corrected chi connectivity index (χ2v) is 9.76. The van der Waals surface area contributed by atoms with Crippen molar-refractivity contribution in [3.8, 4) is 5.75 Å². The molecular weight excluding hydrogens is 444 g/mol. The van der Waals surface area contributed by atoms with Crippen LogP contribution in [0.5, 0.6) is 5.75 Å². The van der Waals surface area contributed by atoms with Crippen LogP contribution in [0.2, 0.25) is 0 Å². The highest BCUT2D eigenvalue weighted by atomic mass is 79.9. The zero-order valence-corrected chi connectivity index (χ0v) is 18.7. The molecule has 2 aromatic rings. The Kier molecular flexibility index (Phi) is 7.25. The van der Waals surface area contributed by atoms with E-state index in [1.54, 1.807) is 12.1 Å². The molecule has 0 aliphatic heterocycles. The number of methoxy groups -OCH3 is 1. The maximum atomic E-state index is 12.5. The predicted octanol–water partition coefficient (Wildman–Crippen LogP) is 3.22. The summed E-state index contributed by atoms with van der Waals surface area (Å²) in [7, 11) is -2.31. The van der Waals surface area contributed by atoms with Gasteiger partial charge in [-0.2, -0.15) is 4.72 Å². The van der Waals surface area contributed by atoms with Crippen molar-refractivity contribution in [2.75, 3.05) is 13.7 Å². The summed E-state index contributed by atoms with van der Waals surface area (Å²) >= 11 is 3.41. The number of hydrogen-bond acceptors (Lipinski definition) is 4. The van der Waals surface area contributed by atoms with Crippen LogP contribution in [-0.4, -0.2) is 34.0 Å². The minimum atomic E-state index is -3.81. The number of halogens is 1. The third kappa shape index (κ3) is 5.80. The summed E-state index contributed by atoms with van der Waals surface area (Å²) in [6.07, 6.45) is 0. The molecule has 6 nitrogen and oxygen atoms in total. The van der Waals surface area contributed by atoms with E-state index in [9.17, 15) is 13.2 Å². The summed E-state index contributed by atoms with van der Waals surface area (Å²) in [5.74, 6) is 0.169. The maximum absolute atomic E-state index is 12.5. The lowest BCUT2D eigenvalue weighted by molar-refractivity contribution is -0.122. The molecule has 0 spiro atoms. The molecule has 0 saturated heterocycles. The molecule has 0 aromatic heterocycles. The van der Waals surface area contributed by atoms with Gasteiger partial charge in [0.25, 0.3) is 0 Å². The topological polar surface area (TPSA) is 84.5 Å². The SMILES string of the molecule is COc1ccc(S(=O)(=O)N[C@@H](C)C(=O)NCC(C)(C)c2ccc(Br)cc2)cc1. The molecule has 0 fully saturated rings. The summed E-state index contributed by atoms with van der Waals surface area (Å²) in [6, 6.07) is 12.9. The zero-order valence-electron chi connectivity index (χ0n) is 16.3. The van der Waals surface area contributed by atoms with E-state index in [1.807, 2.05) is 38.1 Å². The molecule has 8 heteroatoms. The van der Waals surface area contributed by atoms with Crippen LogP contribution in [0.4, 0.5) is 0 Å². The zero-order chi connectivity index (χ0) is 20.9. The first-order valence-corrected chi connectivity index (χ1v) is 11.0. The highest BCUT2D eigenvalue weighted by molar-refractivity contribution is 9.10. The molecule has 2 N–H and O–H groups in total. The second kappa shape index (κ2) is 9.07. The number of sulfonamides is 1. The maximum Gasteiger partial charge on any atom is 0.241 e. The third-order valence-corrected chi connectivity index (χ3v) is 6.51. The molecule has 152 valence electrons. The highest BCUT2D eigenvalue weighted by Crippen LogP contribution is 2.24. The molecule has 2 rings (SSSR count). The second-order valence-electron chi connectivity index (χ2n) is 7.13. The van der Waals surface area contributed by atoms with Gasteiger partial charge in [0.15, 0.2) is 0 Å². The Morgan fingerprint density at radius 2 is 1.68 bits per heavy atom. The van der Waals surface area contributed by atoms with Crippen molar-refractivity contribution >= 4 is 31.9 Å². The average Bonchev–Trinajstić information content (AvgIpc) is 2.66. The monoisotopic (exact) mass is 468 g/mol. The van der Waals surface area contributed by atoms with E-state index in [0.717, 1.165) is 10.0 Å². The molecule has 1 atom stereocenters. The Bertz CT molecular complexity index is 910. The average molecular weight is 469 g/mol.